The molecule has 1 atom stereocenters. The molecule has 1 rings (SSSR count). The topological polar surface area (TPSA) is 26.0 Å². The van der Waals surface area contributed by atoms with Crippen molar-refractivity contribution in [1.29, 1.82) is 0 Å². The highest BCUT2D eigenvalue weighted by molar-refractivity contribution is 5.31. The van der Waals surface area contributed by atoms with Crippen molar-refractivity contribution in [3.8, 4) is 0 Å². The normalized spacial score (nSPS) is 12.9. The van der Waals surface area contributed by atoms with Crippen LogP contribution in [0.4, 0.5) is 0 Å². The first-order chi connectivity index (χ1) is 6.15. The lowest BCUT2D eigenvalue weighted by molar-refractivity contribution is 0.689. The molecule has 1 heteroatoms. The minimum atomic E-state index is 0.587. The van der Waals surface area contributed by atoms with Crippen LogP contribution in [0.3, 0.4) is 0 Å². The van der Waals surface area contributed by atoms with Gasteiger partial charge in [-0.3, -0.25) is 0 Å². The summed E-state index contributed by atoms with van der Waals surface area (Å²) in [6.45, 7) is 7.31. The molecule has 0 saturated carbocycles. The van der Waals surface area contributed by atoms with Gasteiger partial charge in [-0.1, -0.05) is 25.1 Å². The van der Waals surface area contributed by atoms with E-state index in [4.69, 9.17) is 5.73 Å². The predicted molar refractivity (Wildman–Crippen MR) is 58.0 cm³/mol. The lowest BCUT2D eigenvalue weighted by Gasteiger charge is -2.12. The van der Waals surface area contributed by atoms with E-state index < -0.39 is 0 Å². The molecule has 0 amide bonds. The first kappa shape index (κ1) is 10.3. The molecule has 0 aromatic heterocycles. The van der Waals surface area contributed by atoms with E-state index in [0.717, 1.165) is 13.0 Å². The third-order valence-electron chi connectivity index (χ3n) is 2.70. The first-order valence-electron chi connectivity index (χ1n) is 4.92. The molecule has 2 N–H and O–H groups in total. The summed E-state index contributed by atoms with van der Waals surface area (Å²) in [4.78, 5) is 0. The zero-order valence-corrected chi connectivity index (χ0v) is 8.80. The monoisotopic (exact) mass is 177 g/mol. The Balaban J connectivity index is 2.84. The molecule has 1 aromatic rings. The third-order valence-corrected chi connectivity index (χ3v) is 2.70. The summed E-state index contributed by atoms with van der Waals surface area (Å²) in [5, 5.41) is 0. The Bertz CT molecular complexity index is 278. The summed E-state index contributed by atoms with van der Waals surface area (Å²) >= 11 is 0. The molecule has 0 aliphatic rings. The molecule has 72 valence electrons. The van der Waals surface area contributed by atoms with Crippen molar-refractivity contribution in [2.75, 3.05) is 6.54 Å². The average Bonchev–Trinajstić information content (AvgIpc) is 2.10. The molecule has 1 nitrogen and oxygen atoms in total. The fourth-order valence-electron chi connectivity index (χ4n) is 1.49. The maximum absolute atomic E-state index is 5.53. The zero-order valence-electron chi connectivity index (χ0n) is 8.80. The number of nitrogens with two attached hydrogens (primary N) is 1. The van der Waals surface area contributed by atoms with E-state index in [-0.39, 0.29) is 0 Å². The van der Waals surface area contributed by atoms with Crippen LogP contribution in [-0.4, -0.2) is 6.54 Å². The summed E-state index contributed by atoms with van der Waals surface area (Å²) in [6, 6.07) is 6.68. The Hall–Kier alpha value is -0.820. The van der Waals surface area contributed by atoms with Crippen LogP contribution in [0.25, 0.3) is 0 Å². The van der Waals surface area contributed by atoms with Gasteiger partial charge in [-0.05, 0) is 49.4 Å². The maximum atomic E-state index is 5.53. The molecule has 0 radical (unpaired) electrons. The Kier molecular flexibility index (Phi) is 3.49. The van der Waals surface area contributed by atoms with Crippen molar-refractivity contribution >= 4 is 0 Å². The molecule has 0 spiro atoms. The lowest BCUT2D eigenvalue weighted by Crippen LogP contribution is -2.04. The Morgan fingerprint density at radius 3 is 2.46 bits per heavy atom. The van der Waals surface area contributed by atoms with Gasteiger partial charge in [-0.15, -0.1) is 0 Å². The van der Waals surface area contributed by atoms with Gasteiger partial charge in [0.1, 0.15) is 0 Å². The van der Waals surface area contributed by atoms with Crippen LogP contribution in [0.2, 0.25) is 0 Å². The smallest absolute Gasteiger partial charge is 0.00715 e. The van der Waals surface area contributed by atoms with Crippen LogP contribution in [0.15, 0.2) is 18.2 Å². The van der Waals surface area contributed by atoms with Gasteiger partial charge in [0.15, 0.2) is 0 Å². The van der Waals surface area contributed by atoms with Gasteiger partial charge >= 0.3 is 0 Å². The molecule has 0 heterocycles. The summed E-state index contributed by atoms with van der Waals surface area (Å²) in [7, 11) is 0. The second-order valence-electron chi connectivity index (χ2n) is 3.82. The minimum Gasteiger partial charge on any atom is -0.330 e. The molecule has 0 saturated heterocycles. The Morgan fingerprint density at radius 2 is 1.92 bits per heavy atom. The van der Waals surface area contributed by atoms with Gasteiger partial charge in [0.05, 0.1) is 0 Å². The van der Waals surface area contributed by atoms with E-state index in [1.54, 1.807) is 0 Å². The maximum Gasteiger partial charge on any atom is -0.00715 e. The first-order valence-corrected chi connectivity index (χ1v) is 4.92. The van der Waals surface area contributed by atoms with Gasteiger partial charge in [0.25, 0.3) is 0 Å². The number of rotatable bonds is 3. The second kappa shape index (κ2) is 4.43. The summed E-state index contributed by atoms with van der Waals surface area (Å²) < 4.78 is 0. The summed E-state index contributed by atoms with van der Waals surface area (Å²) in [5.74, 6) is 0.587. The molecule has 0 fully saturated rings. The van der Waals surface area contributed by atoms with Crippen LogP contribution in [0.5, 0.6) is 0 Å². The van der Waals surface area contributed by atoms with Crippen LogP contribution in [-0.2, 0) is 0 Å². The SMILES string of the molecule is Cc1ccc([C@@H](C)CCN)cc1C. The third kappa shape index (κ3) is 2.56. The van der Waals surface area contributed by atoms with Gasteiger partial charge in [0.2, 0.25) is 0 Å². The number of benzene rings is 1. The average molecular weight is 177 g/mol. The van der Waals surface area contributed by atoms with E-state index in [2.05, 4.69) is 39.0 Å². The van der Waals surface area contributed by atoms with Crippen LogP contribution in [0, 0.1) is 13.8 Å². The van der Waals surface area contributed by atoms with Crippen molar-refractivity contribution < 1.29 is 0 Å². The van der Waals surface area contributed by atoms with Gasteiger partial charge in [-0.25, -0.2) is 0 Å². The van der Waals surface area contributed by atoms with Crippen molar-refractivity contribution in [2.45, 2.75) is 33.1 Å². The predicted octanol–water partition coefficient (Wildman–Crippen LogP) is 2.76. The second-order valence-corrected chi connectivity index (χ2v) is 3.82. The largest absolute Gasteiger partial charge is 0.330 e. The van der Waals surface area contributed by atoms with E-state index in [9.17, 15) is 0 Å². The molecular weight excluding hydrogens is 158 g/mol. The van der Waals surface area contributed by atoms with Crippen molar-refractivity contribution in [3.63, 3.8) is 0 Å². The van der Waals surface area contributed by atoms with Crippen LogP contribution < -0.4 is 5.73 Å². The van der Waals surface area contributed by atoms with E-state index in [1.807, 2.05) is 0 Å². The van der Waals surface area contributed by atoms with Crippen molar-refractivity contribution in [2.24, 2.45) is 5.73 Å². The highest BCUT2D eigenvalue weighted by Crippen LogP contribution is 2.20. The molecule has 1 aromatic carbocycles. The molecule has 13 heavy (non-hydrogen) atoms. The standard InChI is InChI=1S/C12H19N/c1-9-4-5-12(8-11(9)3)10(2)6-7-13/h4-5,8,10H,6-7,13H2,1-3H3/t10-/m0/s1. The highest BCUT2D eigenvalue weighted by atomic mass is 14.5. The van der Waals surface area contributed by atoms with Crippen molar-refractivity contribution in [1.82, 2.24) is 0 Å². The fraction of sp³-hybridized carbons (Fsp3) is 0.500. The number of aryl methyl sites for hydroxylation is 2. The minimum absolute atomic E-state index is 0.587. The van der Waals surface area contributed by atoms with Crippen molar-refractivity contribution in [3.05, 3.63) is 34.9 Å². The summed E-state index contributed by atoms with van der Waals surface area (Å²) in [6.07, 6.45) is 1.07. The van der Waals surface area contributed by atoms with E-state index in [1.165, 1.54) is 16.7 Å². The van der Waals surface area contributed by atoms with E-state index >= 15 is 0 Å². The van der Waals surface area contributed by atoms with Gasteiger partial charge in [0, 0.05) is 0 Å². The number of hydrogen-bond donors (Lipinski definition) is 1. The molecule has 0 aliphatic heterocycles. The Labute approximate surface area is 81.0 Å². The molecule has 0 unspecified atom stereocenters. The Morgan fingerprint density at radius 1 is 1.23 bits per heavy atom. The van der Waals surface area contributed by atoms with Crippen LogP contribution in [0.1, 0.15) is 36.0 Å². The van der Waals surface area contributed by atoms with Gasteiger partial charge in [-0.2, -0.15) is 0 Å². The highest BCUT2D eigenvalue weighted by Gasteiger charge is 2.04. The van der Waals surface area contributed by atoms with Gasteiger partial charge < -0.3 is 5.73 Å². The molecule has 0 aliphatic carbocycles. The number of hydrogen-bond acceptors (Lipinski definition) is 1. The van der Waals surface area contributed by atoms with E-state index in [0.29, 0.717) is 5.92 Å². The quantitative estimate of drug-likeness (QED) is 0.755. The lowest BCUT2D eigenvalue weighted by atomic mass is 9.95. The molecular formula is C12H19N. The zero-order chi connectivity index (χ0) is 9.84. The summed E-state index contributed by atoms with van der Waals surface area (Å²) in [5.41, 5.74) is 9.69. The molecule has 0 bridgehead atoms. The fourth-order valence-corrected chi connectivity index (χ4v) is 1.49. The van der Waals surface area contributed by atoms with Crippen LogP contribution >= 0.6 is 0 Å².